The summed E-state index contributed by atoms with van der Waals surface area (Å²) in [6.07, 6.45) is 3.53. The van der Waals surface area contributed by atoms with E-state index in [4.69, 9.17) is 18.0 Å². The van der Waals surface area contributed by atoms with Gasteiger partial charge in [-0.05, 0) is 25.0 Å². The quantitative estimate of drug-likeness (QED) is 0.821. The molecule has 0 aromatic carbocycles. The number of hydrogen-bond donors (Lipinski definition) is 1. The monoisotopic (exact) mass is 267 g/mol. The Bertz CT molecular complexity index is 459. The molecule has 1 aliphatic rings. The Morgan fingerprint density at radius 3 is 2.78 bits per heavy atom. The molecule has 0 unspecified atom stereocenters. The van der Waals surface area contributed by atoms with E-state index in [1.54, 1.807) is 4.90 Å². The topological polar surface area (TPSA) is 59.2 Å². The first-order valence-corrected chi connectivity index (χ1v) is 6.19. The zero-order chi connectivity index (χ0) is 13.1. The first-order chi connectivity index (χ1) is 8.58. The molecule has 6 heteroatoms. The zero-order valence-corrected chi connectivity index (χ0v) is 10.6. The Balaban J connectivity index is 2.07. The van der Waals surface area contributed by atoms with Gasteiger partial charge in [-0.3, -0.25) is 4.79 Å². The highest BCUT2D eigenvalue weighted by Gasteiger charge is 2.33. The van der Waals surface area contributed by atoms with E-state index in [0.29, 0.717) is 18.0 Å². The van der Waals surface area contributed by atoms with Gasteiger partial charge in [0.1, 0.15) is 11.5 Å². The van der Waals surface area contributed by atoms with Crippen molar-refractivity contribution in [3.8, 4) is 0 Å². The van der Waals surface area contributed by atoms with Crippen LogP contribution in [-0.2, 0) is 0 Å². The number of pyridine rings is 1. The molecule has 0 spiro atoms. The van der Waals surface area contributed by atoms with E-state index in [-0.39, 0.29) is 17.6 Å². The van der Waals surface area contributed by atoms with Crippen molar-refractivity contribution in [2.75, 3.05) is 6.54 Å². The molecular formula is C12H14FN3OS. The van der Waals surface area contributed by atoms with Gasteiger partial charge in [-0.2, -0.15) is 0 Å². The number of nitrogens with zero attached hydrogens (tertiary/aromatic N) is 2. The molecule has 96 valence electrons. The molecule has 0 radical (unpaired) electrons. The second-order valence-electron chi connectivity index (χ2n) is 4.31. The predicted octanol–water partition coefficient (Wildman–Crippen LogP) is 1.50. The maximum Gasteiger partial charge on any atom is 0.272 e. The van der Waals surface area contributed by atoms with Crippen LogP contribution in [0.5, 0.6) is 0 Å². The molecule has 18 heavy (non-hydrogen) atoms. The van der Waals surface area contributed by atoms with Crippen molar-refractivity contribution in [2.24, 2.45) is 5.73 Å². The maximum absolute atomic E-state index is 12.8. The molecule has 1 aliphatic carbocycles. The van der Waals surface area contributed by atoms with Crippen LogP contribution in [0.15, 0.2) is 18.3 Å². The van der Waals surface area contributed by atoms with E-state index < -0.39 is 5.82 Å². The van der Waals surface area contributed by atoms with Gasteiger partial charge in [0.15, 0.2) is 0 Å². The highest BCUT2D eigenvalue weighted by molar-refractivity contribution is 7.80. The predicted molar refractivity (Wildman–Crippen MR) is 69.7 cm³/mol. The van der Waals surface area contributed by atoms with Gasteiger partial charge in [-0.15, -0.1) is 0 Å². The Morgan fingerprint density at radius 1 is 1.56 bits per heavy atom. The van der Waals surface area contributed by atoms with Crippen LogP contribution in [0.2, 0.25) is 0 Å². The summed E-state index contributed by atoms with van der Waals surface area (Å²) in [6.45, 7) is 0.498. The molecule has 0 saturated heterocycles. The van der Waals surface area contributed by atoms with Crippen LogP contribution in [0.4, 0.5) is 4.39 Å². The normalized spacial score (nSPS) is 14.3. The van der Waals surface area contributed by atoms with Crippen molar-refractivity contribution < 1.29 is 9.18 Å². The van der Waals surface area contributed by atoms with Crippen molar-refractivity contribution in [2.45, 2.75) is 25.3 Å². The van der Waals surface area contributed by atoms with E-state index in [0.717, 1.165) is 19.0 Å². The Kier molecular flexibility index (Phi) is 3.86. The molecular weight excluding hydrogens is 253 g/mol. The summed E-state index contributed by atoms with van der Waals surface area (Å²) in [5.74, 6) is -0.638. The van der Waals surface area contributed by atoms with Crippen LogP contribution in [0.3, 0.4) is 0 Å². The van der Waals surface area contributed by atoms with Crippen molar-refractivity contribution in [1.29, 1.82) is 0 Å². The van der Waals surface area contributed by atoms with Crippen LogP contribution >= 0.6 is 12.2 Å². The minimum Gasteiger partial charge on any atom is -0.393 e. The molecule has 1 heterocycles. The van der Waals surface area contributed by atoms with E-state index in [1.807, 2.05) is 0 Å². The van der Waals surface area contributed by atoms with Gasteiger partial charge < -0.3 is 10.6 Å². The summed E-state index contributed by atoms with van der Waals surface area (Å²) < 4.78 is 12.8. The summed E-state index contributed by atoms with van der Waals surface area (Å²) in [5, 5.41) is 0. The van der Waals surface area contributed by atoms with Gasteiger partial charge in [0, 0.05) is 19.0 Å². The van der Waals surface area contributed by atoms with Crippen LogP contribution in [0.1, 0.15) is 29.8 Å². The lowest BCUT2D eigenvalue weighted by Crippen LogP contribution is -2.36. The SMILES string of the molecule is NC(=S)CCN(C(=O)c1ccc(F)cn1)C1CC1. The lowest BCUT2D eigenvalue weighted by Gasteiger charge is -2.21. The van der Waals surface area contributed by atoms with Gasteiger partial charge >= 0.3 is 0 Å². The van der Waals surface area contributed by atoms with Crippen molar-refractivity contribution >= 4 is 23.1 Å². The minimum atomic E-state index is -0.451. The fraction of sp³-hybridized carbons (Fsp3) is 0.417. The van der Waals surface area contributed by atoms with E-state index in [1.165, 1.54) is 12.1 Å². The van der Waals surface area contributed by atoms with Crippen LogP contribution in [0, 0.1) is 5.82 Å². The fourth-order valence-corrected chi connectivity index (χ4v) is 1.81. The molecule has 0 aliphatic heterocycles. The largest absolute Gasteiger partial charge is 0.393 e. The first kappa shape index (κ1) is 12.9. The van der Waals surface area contributed by atoms with Gasteiger partial charge in [-0.25, -0.2) is 9.37 Å². The smallest absolute Gasteiger partial charge is 0.272 e. The number of aromatic nitrogens is 1. The summed E-state index contributed by atoms with van der Waals surface area (Å²) >= 11 is 4.82. The molecule has 1 aromatic rings. The zero-order valence-electron chi connectivity index (χ0n) is 9.80. The number of amides is 1. The highest BCUT2D eigenvalue weighted by Crippen LogP contribution is 2.28. The molecule has 0 bridgehead atoms. The summed E-state index contributed by atoms with van der Waals surface area (Å²) in [4.78, 5) is 18.1. The molecule has 0 atom stereocenters. The Hall–Kier alpha value is -1.56. The fourth-order valence-electron chi connectivity index (χ4n) is 1.72. The minimum absolute atomic E-state index is 0.186. The number of thiocarbonyl (C=S) groups is 1. The third-order valence-electron chi connectivity index (χ3n) is 2.79. The second-order valence-corrected chi connectivity index (χ2v) is 4.83. The van der Waals surface area contributed by atoms with Gasteiger partial charge in [0.25, 0.3) is 5.91 Å². The maximum atomic E-state index is 12.8. The lowest BCUT2D eigenvalue weighted by atomic mass is 10.2. The first-order valence-electron chi connectivity index (χ1n) is 5.79. The number of rotatable bonds is 5. The third kappa shape index (κ3) is 3.22. The molecule has 2 rings (SSSR count). The van der Waals surface area contributed by atoms with Crippen LogP contribution in [-0.4, -0.2) is 33.4 Å². The number of halogens is 1. The summed E-state index contributed by atoms with van der Waals surface area (Å²) in [6, 6.07) is 2.88. The molecule has 1 aromatic heterocycles. The second kappa shape index (κ2) is 5.39. The third-order valence-corrected chi connectivity index (χ3v) is 3.00. The standard InChI is InChI=1S/C12H14FN3OS/c13-8-1-4-10(15-7-8)12(17)16(9-2-3-9)6-5-11(14)18/h1,4,7,9H,2-3,5-6H2,(H2,14,18). The molecule has 1 amide bonds. The van der Waals surface area contributed by atoms with E-state index >= 15 is 0 Å². The van der Waals surface area contributed by atoms with Gasteiger partial charge in [-0.1, -0.05) is 12.2 Å². The van der Waals surface area contributed by atoms with Crippen molar-refractivity contribution in [1.82, 2.24) is 9.88 Å². The molecule has 2 N–H and O–H groups in total. The molecule has 1 saturated carbocycles. The highest BCUT2D eigenvalue weighted by atomic mass is 32.1. The summed E-state index contributed by atoms with van der Waals surface area (Å²) in [7, 11) is 0. The van der Waals surface area contributed by atoms with E-state index in [2.05, 4.69) is 4.98 Å². The number of carbonyl (C=O) groups is 1. The average molecular weight is 267 g/mol. The van der Waals surface area contributed by atoms with E-state index in [9.17, 15) is 9.18 Å². The van der Waals surface area contributed by atoms with Crippen LogP contribution in [0.25, 0.3) is 0 Å². The average Bonchev–Trinajstić information content (AvgIpc) is 3.14. The van der Waals surface area contributed by atoms with Gasteiger partial charge in [0.05, 0.1) is 11.2 Å². The van der Waals surface area contributed by atoms with Crippen molar-refractivity contribution in [3.05, 3.63) is 29.8 Å². The lowest BCUT2D eigenvalue weighted by molar-refractivity contribution is 0.0742. The Labute approximate surface area is 110 Å². The Morgan fingerprint density at radius 2 is 2.28 bits per heavy atom. The molecule has 1 fully saturated rings. The molecule has 4 nitrogen and oxygen atoms in total. The van der Waals surface area contributed by atoms with Crippen molar-refractivity contribution in [3.63, 3.8) is 0 Å². The summed E-state index contributed by atoms with van der Waals surface area (Å²) in [5.41, 5.74) is 5.70. The number of hydrogen-bond acceptors (Lipinski definition) is 3. The number of carbonyl (C=O) groups excluding carboxylic acids is 1. The van der Waals surface area contributed by atoms with Crippen LogP contribution < -0.4 is 5.73 Å². The van der Waals surface area contributed by atoms with Gasteiger partial charge in [0.2, 0.25) is 0 Å². The number of nitrogens with two attached hydrogens (primary N) is 1.